The minimum absolute atomic E-state index is 0.141. The summed E-state index contributed by atoms with van der Waals surface area (Å²) < 4.78 is 31.9. The van der Waals surface area contributed by atoms with Crippen molar-refractivity contribution in [2.24, 2.45) is 7.05 Å². The maximum absolute atomic E-state index is 16.2. The number of aromatic carboxylic acids is 1. The Bertz CT molecular complexity index is 2100. The molecule has 226 valence electrons. The minimum Gasteiger partial charge on any atom is -0.493 e. The molecule has 0 fully saturated rings. The molecule has 0 saturated heterocycles. The van der Waals surface area contributed by atoms with E-state index in [2.05, 4.69) is 11.7 Å². The molecule has 1 aliphatic rings. The van der Waals surface area contributed by atoms with Gasteiger partial charge in [-0.05, 0) is 59.2 Å². The Balaban J connectivity index is 1.38. The van der Waals surface area contributed by atoms with Gasteiger partial charge in [-0.3, -0.25) is 4.68 Å². The molecule has 7 nitrogen and oxygen atoms in total. The fraction of sp³-hybridized carbons (Fsp3) is 0.189. The maximum atomic E-state index is 16.2. The highest BCUT2D eigenvalue weighted by Crippen LogP contribution is 2.41. The van der Waals surface area contributed by atoms with Crippen molar-refractivity contribution in [2.45, 2.75) is 32.6 Å². The zero-order chi connectivity index (χ0) is 31.1. The SMILES string of the molecule is C=Cc1c2c(nn1C)COCc1ccccc1Cn1c(C(=O)O)c(CCCOc3cccc4ccccc34)c3ccc(F)c-2c31. The highest BCUT2D eigenvalue weighted by Gasteiger charge is 2.30. The van der Waals surface area contributed by atoms with Gasteiger partial charge >= 0.3 is 5.97 Å². The van der Waals surface area contributed by atoms with Gasteiger partial charge in [0.15, 0.2) is 0 Å². The van der Waals surface area contributed by atoms with Crippen molar-refractivity contribution in [1.82, 2.24) is 14.3 Å². The Labute approximate surface area is 259 Å². The zero-order valence-corrected chi connectivity index (χ0v) is 24.9. The summed E-state index contributed by atoms with van der Waals surface area (Å²) in [6.45, 7) is 5.06. The van der Waals surface area contributed by atoms with Crippen LogP contribution in [0.4, 0.5) is 4.39 Å². The lowest BCUT2D eigenvalue weighted by molar-refractivity contribution is 0.0684. The Kier molecular flexibility index (Phi) is 7.43. The summed E-state index contributed by atoms with van der Waals surface area (Å²) in [6.07, 6.45) is 2.64. The van der Waals surface area contributed by atoms with E-state index < -0.39 is 11.8 Å². The first kappa shape index (κ1) is 28.6. The second-order valence-corrected chi connectivity index (χ2v) is 11.3. The van der Waals surface area contributed by atoms with E-state index in [0.29, 0.717) is 65.0 Å². The molecule has 6 aromatic rings. The number of ether oxygens (including phenoxy) is 2. The third-order valence-electron chi connectivity index (χ3n) is 8.61. The van der Waals surface area contributed by atoms with Crippen molar-refractivity contribution < 1.29 is 23.8 Å². The molecule has 0 amide bonds. The average molecular weight is 602 g/mol. The summed E-state index contributed by atoms with van der Waals surface area (Å²) in [5.74, 6) is -0.747. The molecule has 3 heterocycles. The van der Waals surface area contributed by atoms with E-state index in [1.54, 1.807) is 28.4 Å². The number of aromatic nitrogens is 3. The first-order valence-corrected chi connectivity index (χ1v) is 15.0. The molecule has 45 heavy (non-hydrogen) atoms. The van der Waals surface area contributed by atoms with Crippen LogP contribution in [0.5, 0.6) is 5.75 Å². The summed E-state index contributed by atoms with van der Waals surface area (Å²) >= 11 is 0. The molecule has 0 saturated carbocycles. The van der Waals surface area contributed by atoms with Crippen molar-refractivity contribution in [3.8, 4) is 16.9 Å². The van der Waals surface area contributed by atoms with Crippen molar-refractivity contribution in [3.63, 3.8) is 0 Å². The number of hydrogen-bond donors (Lipinski definition) is 1. The van der Waals surface area contributed by atoms with Crippen LogP contribution in [0.1, 0.15) is 45.0 Å². The number of fused-ring (bicyclic) bond motifs is 4. The van der Waals surface area contributed by atoms with Crippen LogP contribution in [0, 0.1) is 5.82 Å². The molecular formula is C37H32FN3O4. The first-order chi connectivity index (χ1) is 22.0. The Morgan fingerprint density at radius 1 is 1.00 bits per heavy atom. The van der Waals surface area contributed by atoms with Gasteiger partial charge in [0.05, 0.1) is 36.7 Å². The van der Waals surface area contributed by atoms with Crippen LogP contribution < -0.4 is 4.74 Å². The van der Waals surface area contributed by atoms with Gasteiger partial charge in [-0.15, -0.1) is 0 Å². The first-order valence-electron chi connectivity index (χ1n) is 15.0. The standard InChI is InChI=1S/C37H32FN3O4/c1-3-31-34-30(39-40(31)2)22-44-21-25-12-5-4-11-24(25)20-41-35-28(17-18-29(38)33(34)35)27(36(41)37(42)43)15-9-19-45-32-16-8-13-23-10-6-7-14-26(23)32/h3-8,10-14,16-18H,1,9,15,19-22H2,2H3,(H,42,43). The van der Waals surface area contributed by atoms with E-state index >= 15 is 4.39 Å². The van der Waals surface area contributed by atoms with Gasteiger partial charge in [0.2, 0.25) is 0 Å². The van der Waals surface area contributed by atoms with Gasteiger partial charge in [-0.25, -0.2) is 9.18 Å². The molecule has 0 atom stereocenters. The molecule has 0 spiro atoms. The van der Waals surface area contributed by atoms with Gasteiger partial charge in [-0.2, -0.15) is 5.10 Å². The Morgan fingerprint density at radius 2 is 1.78 bits per heavy atom. The quantitative estimate of drug-likeness (QED) is 0.189. The number of halogens is 1. The molecule has 0 bridgehead atoms. The molecule has 1 aliphatic heterocycles. The van der Waals surface area contributed by atoms with Gasteiger partial charge < -0.3 is 19.1 Å². The molecular weight excluding hydrogens is 569 g/mol. The van der Waals surface area contributed by atoms with Crippen molar-refractivity contribution in [3.05, 3.63) is 125 Å². The number of rotatable bonds is 7. The molecule has 4 aromatic carbocycles. The maximum Gasteiger partial charge on any atom is 0.352 e. The summed E-state index contributed by atoms with van der Waals surface area (Å²) in [5, 5.41) is 18.2. The number of hydrogen-bond acceptors (Lipinski definition) is 4. The number of benzene rings is 4. The smallest absolute Gasteiger partial charge is 0.352 e. The summed E-state index contributed by atoms with van der Waals surface area (Å²) in [5.41, 5.74) is 5.20. The van der Waals surface area contributed by atoms with Crippen LogP contribution in [-0.4, -0.2) is 32.0 Å². The van der Waals surface area contributed by atoms with Crippen molar-refractivity contribution >= 4 is 33.7 Å². The van der Waals surface area contributed by atoms with Gasteiger partial charge in [0.25, 0.3) is 0 Å². The zero-order valence-electron chi connectivity index (χ0n) is 24.9. The van der Waals surface area contributed by atoms with Crippen LogP contribution in [0.3, 0.4) is 0 Å². The number of carbonyl (C=O) groups is 1. The predicted octanol–water partition coefficient (Wildman–Crippen LogP) is 7.77. The number of carboxylic acid groups (broad SMARTS) is 1. The van der Waals surface area contributed by atoms with Crippen molar-refractivity contribution in [1.29, 1.82) is 0 Å². The molecule has 1 N–H and O–H groups in total. The molecule has 0 aliphatic carbocycles. The number of aryl methyl sites for hydroxylation is 2. The van der Waals surface area contributed by atoms with E-state index in [0.717, 1.165) is 27.6 Å². The van der Waals surface area contributed by atoms with Crippen LogP contribution in [0.25, 0.3) is 38.9 Å². The normalized spacial score (nSPS) is 12.8. The Morgan fingerprint density at radius 3 is 2.60 bits per heavy atom. The molecule has 2 aromatic heterocycles. The van der Waals surface area contributed by atoms with Gasteiger partial charge in [-0.1, -0.05) is 67.2 Å². The third kappa shape index (κ3) is 4.97. The predicted molar refractivity (Wildman–Crippen MR) is 173 cm³/mol. The number of carboxylic acids is 1. The molecule has 7 rings (SSSR count). The lowest BCUT2D eigenvalue weighted by Crippen LogP contribution is -2.13. The number of nitrogens with zero attached hydrogens (tertiary/aromatic N) is 3. The molecule has 0 unspecified atom stereocenters. The molecule has 8 heteroatoms. The van der Waals surface area contributed by atoms with Crippen LogP contribution >= 0.6 is 0 Å². The molecule has 0 radical (unpaired) electrons. The van der Waals surface area contributed by atoms with E-state index in [9.17, 15) is 9.90 Å². The lowest BCUT2D eigenvalue weighted by Gasteiger charge is -2.15. The highest BCUT2D eigenvalue weighted by atomic mass is 19.1. The van der Waals surface area contributed by atoms with Crippen LogP contribution in [0.15, 0.2) is 85.4 Å². The fourth-order valence-electron chi connectivity index (χ4n) is 6.62. The van der Waals surface area contributed by atoms with Gasteiger partial charge in [0.1, 0.15) is 17.3 Å². The van der Waals surface area contributed by atoms with Crippen molar-refractivity contribution in [2.75, 3.05) is 6.61 Å². The van der Waals surface area contributed by atoms with E-state index in [1.165, 1.54) is 6.07 Å². The summed E-state index contributed by atoms with van der Waals surface area (Å²) in [7, 11) is 1.78. The van der Waals surface area contributed by atoms with E-state index in [4.69, 9.17) is 9.47 Å². The lowest BCUT2D eigenvalue weighted by atomic mass is 9.97. The minimum atomic E-state index is -1.07. The van der Waals surface area contributed by atoms with E-state index in [-0.39, 0.29) is 18.8 Å². The van der Waals surface area contributed by atoms with E-state index in [1.807, 2.05) is 66.7 Å². The Hall–Kier alpha value is -5.21. The topological polar surface area (TPSA) is 78.5 Å². The fourth-order valence-corrected chi connectivity index (χ4v) is 6.62. The second-order valence-electron chi connectivity index (χ2n) is 11.3. The van der Waals surface area contributed by atoms with Crippen LogP contribution in [-0.2, 0) is 38.0 Å². The third-order valence-corrected chi connectivity index (χ3v) is 8.61. The average Bonchev–Trinajstić information content (AvgIpc) is 3.52. The summed E-state index contributed by atoms with van der Waals surface area (Å²) in [6, 6.07) is 24.9. The summed E-state index contributed by atoms with van der Waals surface area (Å²) in [4.78, 5) is 13.1. The largest absolute Gasteiger partial charge is 0.493 e. The second kappa shape index (κ2) is 11.7. The highest BCUT2D eigenvalue weighted by molar-refractivity contribution is 6.05. The van der Waals surface area contributed by atoms with Gasteiger partial charge in [0, 0.05) is 35.5 Å². The van der Waals surface area contributed by atoms with Crippen LogP contribution in [0.2, 0.25) is 0 Å². The monoisotopic (exact) mass is 601 g/mol.